The van der Waals surface area contributed by atoms with E-state index in [4.69, 9.17) is 4.74 Å². The number of hydrogen-bond acceptors (Lipinski definition) is 4. The third-order valence-electron chi connectivity index (χ3n) is 2.23. The Hall–Kier alpha value is -1.01. The van der Waals surface area contributed by atoms with Gasteiger partial charge in [-0.2, -0.15) is 10.1 Å². The fourth-order valence-electron chi connectivity index (χ4n) is 1.62. The Bertz CT molecular complexity index is 485. The summed E-state index contributed by atoms with van der Waals surface area (Å²) in [5.41, 5.74) is 2.03. The molecule has 0 aliphatic heterocycles. The monoisotopic (exact) mass is 284 g/mol. The molecule has 1 atom stereocenters. The van der Waals surface area contributed by atoms with Crippen LogP contribution in [0.25, 0.3) is 5.78 Å². The average molecular weight is 285 g/mol. The topological polar surface area (TPSA) is 52.3 Å². The maximum Gasteiger partial charge on any atom is 0.252 e. The van der Waals surface area contributed by atoms with Crippen LogP contribution in [-0.4, -0.2) is 38.1 Å². The van der Waals surface area contributed by atoms with Crippen LogP contribution in [0.1, 0.15) is 11.4 Å². The molecule has 0 amide bonds. The molecule has 16 heavy (non-hydrogen) atoms. The van der Waals surface area contributed by atoms with Crippen LogP contribution in [0.2, 0.25) is 0 Å². The molecule has 0 bridgehead atoms. The minimum Gasteiger partial charge on any atom is -0.384 e. The second-order valence-corrected chi connectivity index (χ2v) is 4.91. The first-order chi connectivity index (χ1) is 7.70. The molecule has 2 aromatic rings. The summed E-state index contributed by atoms with van der Waals surface area (Å²) in [5, 5.41) is 4.15. The molecule has 1 unspecified atom stereocenters. The number of fused-ring (bicyclic) bond motifs is 1. The Morgan fingerprint density at radius 3 is 3.12 bits per heavy atom. The van der Waals surface area contributed by atoms with Gasteiger partial charge in [0.2, 0.25) is 0 Å². The van der Waals surface area contributed by atoms with E-state index in [0.717, 1.165) is 17.8 Å². The van der Waals surface area contributed by atoms with Gasteiger partial charge in [-0.05, 0) is 13.0 Å². The lowest BCUT2D eigenvalue weighted by Gasteiger charge is -2.09. The zero-order valence-electron chi connectivity index (χ0n) is 9.22. The molecule has 2 rings (SSSR count). The van der Waals surface area contributed by atoms with Crippen molar-refractivity contribution < 1.29 is 4.74 Å². The lowest BCUT2D eigenvalue weighted by molar-refractivity contribution is 0.200. The Morgan fingerprint density at radius 1 is 1.56 bits per heavy atom. The number of aromatic nitrogens is 4. The molecule has 0 aromatic carbocycles. The largest absolute Gasteiger partial charge is 0.384 e. The zero-order chi connectivity index (χ0) is 11.5. The summed E-state index contributed by atoms with van der Waals surface area (Å²) >= 11 is 3.57. The molecule has 6 heteroatoms. The van der Waals surface area contributed by atoms with Crippen molar-refractivity contribution in [1.82, 2.24) is 19.6 Å². The van der Waals surface area contributed by atoms with Crippen LogP contribution in [-0.2, 0) is 11.2 Å². The first-order valence-corrected chi connectivity index (χ1v) is 5.91. The van der Waals surface area contributed by atoms with E-state index in [9.17, 15) is 0 Å². The van der Waals surface area contributed by atoms with Gasteiger partial charge in [0.25, 0.3) is 5.78 Å². The minimum atomic E-state index is 0.270. The molecule has 2 aromatic heterocycles. The summed E-state index contributed by atoms with van der Waals surface area (Å²) in [7, 11) is 1.69. The highest BCUT2D eigenvalue weighted by Gasteiger charge is 2.10. The van der Waals surface area contributed by atoms with E-state index < -0.39 is 0 Å². The summed E-state index contributed by atoms with van der Waals surface area (Å²) < 4.78 is 6.85. The number of rotatable bonds is 4. The van der Waals surface area contributed by atoms with Crippen LogP contribution in [0.5, 0.6) is 0 Å². The van der Waals surface area contributed by atoms with Crippen LogP contribution < -0.4 is 0 Å². The predicted molar refractivity (Wildman–Crippen MR) is 63.8 cm³/mol. The maximum absolute atomic E-state index is 5.09. The van der Waals surface area contributed by atoms with Crippen molar-refractivity contribution in [3.8, 4) is 0 Å². The van der Waals surface area contributed by atoms with Crippen molar-refractivity contribution in [3.63, 3.8) is 0 Å². The number of methoxy groups -OCH3 is 1. The molecular weight excluding hydrogens is 272 g/mol. The van der Waals surface area contributed by atoms with Crippen molar-refractivity contribution in [3.05, 3.63) is 23.8 Å². The first kappa shape index (κ1) is 11.5. The summed E-state index contributed by atoms with van der Waals surface area (Å²) in [4.78, 5) is 8.65. The van der Waals surface area contributed by atoms with Crippen LogP contribution in [0.3, 0.4) is 0 Å². The number of ether oxygens (including phenoxy) is 1. The van der Waals surface area contributed by atoms with Gasteiger partial charge in [-0.3, -0.25) is 0 Å². The van der Waals surface area contributed by atoms with Gasteiger partial charge in [0.1, 0.15) is 6.33 Å². The van der Waals surface area contributed by atoms with Gasteiger partial charge in [0, 0.05) is 29.7 Å². The Morgan fingerprint density at radius 2 is 2.38 bits per heavy atom. The second kappa shape index (κ2) is 4.88. The van der Waals surface area contributed by atoms with Gasteiger partial charge >= 0.3 is 0 Å². The fourth-order valence-corrected chi connectivity index (χ4v) is 2.21. The molecular formula is C10H13BrN4O. The quantitative estimate of drug-likeness (QED) is 0.796. The van der Waals surface area contributed by atoms with Crippen molar-refractivity contribution in [2.45, 2.75) is 18.2 Å². The third-order valence-corrected chi connectivity index (χ3v) is 2.82. The molecule has 5 nitrogen and oxygen atoms in total. The van der Waals surface area contributed by atoms with Crippen LogP contribution in [0.4, 0.5) is 0 Å². The Kier molecular flexibility index (Phi) is 3.50. The van der Waals surface area contributed by atoms with Crippen LogP contribution in [0.15, 0.2) is 12.4 Å². The van der Waals surface area contributed by atoms with Gasteiger partial charge in [0.15, 0.2) is 0 Å². The number of nitrogens with zero attached hydrogens (tertiary/aromatic N) is 4. The Balaban J connectivity index is 2.31. The highest BCUT2D eigenvalue weighted by atomic mass is 79.9. The van der Waals surface area contributed by atoms with E-state index in [1.54, 1.807) is 11.6 Å². The van der Waals surface area contributed by atoms with Crippen LogP contribution in [0, 0.1) is 6.92 Å². The summed E-state index contributed by atoms with van der Waals surface area (Å²) in [6.07, 6.45) is 2.35. The maximum atomic E-state index is 5.09. The molecule has 2 heterocycles. The normalized spacial score (nSPS) is 13.2. The first-order valence-electron chi connectivity index (χ1n) is 5.00. The van der Waals surface area contributed by atoms with E-state index in [1.807, 2.05) is 13.0 Å². The lowest BCUT2D eigenvalue weighted by atomic mass is 10.2. The highest BCUT2D eigenvalue weighted by Crippen LogP contribution is 2.12. The van der Waals surface area contributed by atoms with E-state index in [2.05, 4.69) is 31.0 Å². The van der Waals surface area contributed by atoms with Gasteiger partial charge in [-0.25, -0.2) is 9.50 Å². The number of alkyl halides is 1. The highest BCUT2D eigenvalue weighted by molar-refractivity contribution is 9.09. The van der Waals surface area contributed by atoms with Gasteiger partial charge < -0.3 is 4.74 Å². The lowest BCUT2D eigenvalue weighted by Crippen LogP contribution is -2.13. The fraction of sp³-hybridized carbons (Fsp3) is 0.500. The standard InChI is InChI=1S/C10H13BrN4O/c1-7-3-9(4-8(11)5-16-2)15-10(14-7)12-6-13-15/h3,6,8H,4-5H2,1-2H3. The summed E-state index contributed by atoms with van der Waals surface area (Å²) in [5.74, 6) is 0.645. The van der Waals surface area contributed by atoms with E-state index in [-0.39, 0.29) is 4.83 Å². The Labute approximate surface area is 102 Å². The average Bonchev–Trinajstić information content (AvgIpc) is 2.65. The molecule has 0 saturated carbocycles. The molecule has 0 aliphatic rings. The van der Waals surface area contributed by atoms with E-state index >= 15 is 0 Å². The smallest absolute Gasteiger partial charge is 0.252 e. The molecule has 0 fully saturated rings. The van der Waals surface area contributed by atoms with Crippen molar-refractivity contribution >= 4 is 21.7 Å². The molecule has 0 radical (unpaired) electrons. The van der Waals surface area contributed by atoms with Gasteiger partial charge in [0.05, 0.1) is 6.61 Å². The predicted octanol–water partition coefficient (Wildman–Crippen LogP) is 1.39. The van der Waals surface area contributed by atoms with Gasteiger partial charge in [-0.1, -0.05) is 15.9 Å². The van der Waals surface area contributed by atoms with Crippen LogP contribution >= 0.6 is 15.9 Å². The number of halogens is 1. The molecule has 0 saturated heterocycles. The molecule has 0 spiro atoms. The number of aryl methyl sites for hydroxylation is 1. The molecule has 86 valence electrons. The van der Waals surface area contributed by atoms with Crippen molar-refractivity contribution in [2.24, 2.45) is 0 Å². The SMILES string of the molecule is COCC(Br)Cc1cc(C)nc2ncnn12. The zero-order valence-corrected chi connectivity index (χ0v) is 10.8. The third kappa shape index (κ3) is 2.38. The number of hydrogen-bond donors (Lipinski definition) is 0. The van der Waals surface area contributed by atoms with E-state index in [0.29, 0.717) is 12.4 Å². The van der Waals surface area contributed by atoms with Gasteiger partial charge in [-0.15, -0.1) is 0 Å². The molecule has 0 N–H and O–H groups in total. The minimum absolute atomic E-state index is 0.270. The van der Waals surface area contributed by atoms with Crippen molar-refractivity contribution in [1.29, 1.82) is 0 Å². The van der Waals surface area contributed by atoms with Crippen molar-refractivity contribution in [2.75, 3.05) is 13.7 Å². The second-order valence-electron chi connectivity index (χ2n) is 3.62. The summed E-state index contributed by atoms with van der Waals surface area (Å²) in [6, 6.07) is 2.02. The van der Waals surface area contributed by atoms with E-state index in [1.165, 1.54) is 6.33 Å². The summed E-state index contributed by atoms with van der Waals surface area (Å²) in [6.45, 7) is 2.62. The molecule has 0 aliphatic carbocycles.